The predicted molar refractivity (Wildman–Crippen MR) is 101 cm³/mol. The number of hydrogen-bond acceptors (Lipinski definition) is 6. The highest BCUT2D eigenvalue weighted by Gasteiger charge is 2.36. The van der Waals surface area contributed by atoms with Crippen molar-refractivity contribution in [3.63, 3.8) is 0 Å². The zero-order valence-corrected chi connectivity index (χ0v) is 15.2. The van der Waals surface area contributed by atoms with Gasteiger partial charge in [0.25, 0.3) is 0 Å². The Bertz CT molecular complexity index is 1060. The molecule has 0 bridgehead atoms. The third-order valence-electron chi connectivity index (χ3n) is 4.39. The Labute approximate surface area is 162 Å². The summed E-state index contributed by atoms with van der Waals surface area (Å²) in [6, 6.07) is 20.0. The average Bonchev–Trinajstić information content (AvgIpc) is 2.72. The molecule has 0 spiro atoms. The van der Waals surface area contributed by atoms with Crippen LogP contribution in [0.3, 0.4) is 0 Å². The number of carbonyl (C=O) groups excluding carboxylic acids is 1. The second-order valence-corrected chi connectivity index (χ2v) is 6.19. The summed E-state index contributed by atoms with van der Waals surface area (Å²) in [4.78, 5) is 12.9. The van der Waals surface area contributed by atoms with Crippen LogP contribution < -0.4 is 5.73 Å². The molecule has 3 rings (SSSR count). The van der Waals surface area contributed by atoms with Gasteiger partial charge in [-0.2, -0.15) is 10.5 Å². The molecule has 1 aliphatic heterocycles. The normalized spacial score (nSPS) is 16.0. The molecule has 6 nitrogen and oxygen atoms in total. The van der Waals surface area contributed by atoms with E-state index < -0.39 is 11.9 Å². The number of benzene rings is 2. The molecule has 0 fully saturated rings. The maximum atomic E-state index is 12.9. The monoisotopic (exact) mass is 371 g/mol. The standard InChI is InChI=1S/C22H17N3O3/c1-14-19(22(26)27-13-15-6-3-2-4-7-15)20(18(12-24)21(25)28-14)17-9-5-8-16(10-17)11-23/h2-10,20H,13,25H2,1H3. The number of nitriles is 2. The largest absolute Gasteiger partial charge is 0.457 e. The van der Waals surface area contributed by atoms with Crippen LogP contribution in [-0.2, 0) is 20.9 Å². The molecule has 0 saturated heterocycles. The Kier molecular flexibility index (Phi) is 5.43. The van der Waals surface area contributed by atoms with E-state index in [1.54, 1.807) is 31.2 Å². The van der Waals surface area contributed by atoms with E-state index in [-0.39, 0.29) is 29.4 Å². The SMILES string of the molecule is CC1=C(C(=O)OCc2ccccc2)C(c2cccc(C#N)c2)C(C#N)=C(N)O1. The fourth-order valence-electron chi connectivity index (χ4n) is 3.07. The first-order valence-electron chi connectivity index (χ1n) is 8.54. The number of esters is 1. The van der Waals surface area contributed by atoms with Gasteiger partial charge in [-0.3, -0.25) is 0 Å². The molecule has 0 saturated carbocycles. The lowest BCUT2D eigenvalue weighted by Gasteiger charge is -2.27. The molecule has 138 valence electrons. The van der Waals surface area contributed by atoms with Crippen molar-refractivity contribution >= 4 is 5.97 Å². The Morgan fingerprint density at radius 2 is 1.89 bits per heavy atom. The molecule has 1 atom stereocenters. The van der Waals surface area contributed by atoms with E-state index in [9.17, 15) is 15.3 Å². The van der Waals surface area contributed by atoms with Crippen LogP contribution in [0.1, 0.15) is 29.5 Å². The molecule has 1 aliphatic rings. The van der Waals surface area contributed by atoms with Crippen LogP contribution in [-0.4, -0.2) is 5.97 Å². The average molecular weight is 371 g/mol. The van der Waals surface area contributed by atoms with Crippen molar-refractivity contribution in [3.8, 4) is 12.1 Å². The van der Waals surface area contributed by atoms with Crippen LogP contribution in [0.2, 0.25) is 0 Å². The third-order valence-corrected chi connectivity index (χ3v) is 4.39. The van der Waals surface area contributed by atoms with Crippen molar-refractivity contribution in [1.82, 2.24) is 0 Å². The Balaban J connectivity index is 1.98. The lowest BCUT2D eigenvalue weighted by Crippen LogP contribution is -2.25. The highest BCUT2D eigenvalue weighted by molar-refractivity contribution is 5.92. The number of ether oxygens (including phenoxy) is 2. The molecule has 0 amide bonds. The minimum Gasteiger partial charge on any atom is -0.457 e. The van der Waals surface area contributed by atoms with E-state index in [1.165, 1.54) is 0 Å². The highest BCUT2D eigenvalue weighted by atomic mass is 16.5. The molecular formula is C22H17N3O3. The van der Waals surface area contributed by atoms with Gasteiger partial charge in [0.05, 0.1) is 23.1 Å². The first kappa shape index (κ1) is 18.8. The minimum absolute atomic E-state index is 0.0630. The molecule has 1 unspecified atom stereocenters. The lowest BCUT2D eigenvalue weighted by molar-refractivity contribution is -0.140. The number of allylic oxidation sites excluding steroid dienone is 2. The Morgan fingerprint density at radius 1 is 1.14 bits per heavy atom. The maximum absolute atomic E-state index is 12.9. The van der Waals surface area contributed by atoms with E-state index in [4.69, 9.17) is 15.2 Å². The number of carbonyl (C=O) groups is 1. The van der Waals surface area contributed by atoms with Crippen LogP contribution in [0, 0.1) is 22.7 Å². The van der Waals surface area contributed by atoms with Gasteiger partial charge in [0, 0.05) is 0 Å². The van der Waals surface area contributed by atoms with Gasteiger partial charge in [-0.05, 0) is 30.2 Å². The molecule has 0 aliphatic carbocycles. The summed E-state index contributed by atoms with van der Waals surface area (Å²) in [7, 11) is 0. The second kappa shape index (κ2) is 8.11. The summed E-state index contributed by atoms with van der Waals surface area (Å²) in [6.45, 7) is 1.68. The predicted octanol–water partition coefficient (Wildman–Crippen LogP) is 3.38. The molecule has 28 heavy (non-hydrogen) atoms. The van der Waals surface area contributed by atoms with Crippen molar-refractivity contribution in [2.24, 2.45) is 5.73 Å². The van der Waals surface area contributed by atoms with E-state index in [0.29, 0.717) is 11.1 Å². The fourth-order valence-corrected chi connectivity index (χ4v) is 3.07. The Hall–Kier alpha value is -4.03. The van der Waals surface area contributed by atoms with Crippen molar-refractivity contribution in [3.05, 3.63) is 94.1 Å². The molecule has 6 heteroatoms. The molecule has 0 radical (unpaired) electrons. The van der Waals surface area contributed by atoms with Crippen LogP contribution in [0.4, 0.5) is 0 Å². The minimum atomic E-state index is -0.768. The van der Waals surface area contributed by atoms with Gasteiger partial charge >= 0.3 is 5.97 Å². The van der Waals surface area contributed by atoms with E-state index in [2.05, 4.69) is 6.07 Å². The maximum Gasteiger partial charge on any atom is 0.338 e. The molecular weight excluding hydrogens is 354 g/mol. The van der Waals surface area contributed by atoms with Gasteiger partial charge in [-0.15, -0.1) is 0 Å². The van der Waals surface area contributed by atoms with Crippen LogP contribution in [0.15, 0.2) is 77.4 Å². The summed E-state index contributed by atoms with van der Waals surface area (Å²) in [5.41, 5.74) is 8.02. The van der Waals surface area contributed by atoms with Crippen molar-refractivity contribution in [1.29, 1.82) is 10.5 Å². The molecule has 2 N–H and O–H groups in total. The van der Waals surface area contributed by atoms with Gasteiger partial charge in [0.1, 0.15) is 24.0 Å². The first-order chi connectivity index (χ1) is 13.5. The van der Waals surface area contributed by atoms with Gasteiger partial charge in [0.2, 0.25) is 5.88 Å². The van der Waals surface area contributed by atoms with Crippen LogP contribution in [0.25, 0.3) is 0 Å². The van der Waals surface area contributed by atoms with Gasteiger partial charge in [-0.1, -0.05) is 42.5 Å². The number of nitrogens with zero attached hydrogens (tertiary/aromatic N) is 2. The summed E-state index contributed by atoms with van der Waals surface area (Å²) < 4.78 is 10.9. The first-order valence-corrected chi connectivity index (χ1v) is 8.54. The van der Waals surface area contributed by atoms with E-state index in [1.807, 2.05) is 36.4 Å². The summed E-state index contributed by atoms with van der Waals surface area (Å²) in [6.07, 6.45) is 0. The summed E-state index contributed by atoms with van der Waals surface area (Å²) in [5.74, 6) is -1.17. The van der Waals surface area contributed by atoms with Gasteiger partial charge in [0.15, 0.2) is 0 Å². The van der Waals surface area contributed by atoms with Crippen LogP contribution in [0.5, 0.6) is 0 Å². The molecule has 1 heterocycles. The van der Waals surface area contributed by atoms with Crippen molar-refractivity contribution in [2.45, 2.75) is 19.4 Å². The van der Waals surface area contributed by atoms with Crippen molar-refractivity contribution in [2.75, 3.05) is 0 Å². The molecule has 2 aromatic rings. The number of hydrogen-bond donors (Lipinski definition) is 1. The summed E-state index contributed by atoms with van der Waals surface area (Å²) in [5, 5.41) is 18.8. The third kappa shape index (κ3) is 3.72. The van der Waals surface area contributed by atoms with E-state index >= 15 is 0 Å². The zero-order valence-electron chi connectivity index (χ0n) is 15.2. The Morgan fingerprint density at radius 3 is 2.57 bits per heavy atom. The summed E-state index contributed by atoms with van der Waals surface area (Å²) >= 11 is 0. The topological polar surface area (TPSA) is 109 Å². The smallest absolute Gasteiger partial charge is 0.338 e. The lowest BCUT2D eigenvalue weighted by atomic mass is 9.82. The van der Waals surface area contributed by atoms with Gasteiger partial charge in [-0.25, -0.2) is 4.79 Å². The quantitative estimate of drug-likeness (QED) is 0.825. The van der Waals surface area contributed by atoms with E-state index in [0.717, 1.165) is 5.56 Å². The highest BCUT2D eigenvalue weighted by Crippen LogP contribution is 2.39. The molecule has 0 aromatic heterocycles. The van der Waals surface area contributed by atoms with Crippen molar-refractivity contribution < 1.29 is 14.3 Å². The zero-order chi connectivity index (χ0) is 20.1. The molecule has 2 aromatic carbocycles. The number of rotatable bonds is 4. The second-order valence-electron chi connectivity index (χ2n) is 6.19. The van der Waals surface area contributed by atoms with Crippen LogP contribution >= 0.6 is 0 Å². The van der Waals surface area contributed by atoms with Gasteiger partial charge < -0.3 is 15.2 Å². The number of nitrogens with two attached hydrogens (primary N) is 1. The fraction of sp³-hybridized carbons (Fsp3) is 0.136.